The van der Waals surface area contributed by atoms with Crippen LogP contribution in [0.15, 0.2) is 29.1 Å². The summed E-state index contributed by atoms with van der Waals surface area (Å²) in [6, 6.07) is 7.80. The van der Waals surface area contributed by atoms with Gasteiger partial charge in [-0.2, -0.15) is 5.26 Å². The van der Waals surface area contributed by atoms with Gasteiger partial charge in [0.25, 0.3) is 0 Å². The van der Waals surface area contributed by atoms with E-state index >= 15 is 0 Å². The average molecular weight is 188 g/mol. The summed E-state index contributed by atoms with van der Waals surface area (Å²) in [4.78, 5) is 22.2. The van der Waals surface area contributed by atoms with E-state index in [2.05, 4.69) is 5.32 Å². The van der Waals surface area contributed by atoms with Crippen LogP contribution in [0.2, 0.25) is 0 Å². The smallest absolute Gasteiger partial charge is 0.221 e. The van der Waals surface area contributed by atoms with Crippen LogP contribution in [0.1, 0.15) is 12.5 Å². The summed E-state index contributed by atoms with van der Waals surface area (Å²) in [6.07, 6.45) is 0. The van der Waals surface area contributed by atoms with Gasteiger partial charge in [-0.3, -0.25) is 9.59 Å². The third-order valence-electron chi connectivity index (χ3n) is 1.56. The van der Waals surface area contributed by atoms with Crippen molar-refractivity contribution in [3.63, 3.8) is 0 Å². The van der Waals surface area contributed by atoms with Crippen LogP contribution in [0.3, 0.4) is 0 Å². The lowest BCUT2D eigenvalue weighted by Crippen LogP contribution is -2.15. The van der Waals surface area contributed by atoms with Crippen LogP contribution in [0.5, 0.6) is 0 Å². The van der Waals surface area contributed by atoms with Gasteiger partial charge in [0, 0.05) is 6.92 Å². The monoisotopic (exact) mass is 188 g/mol. The van der Waals surface area contributed by atoms with Gasteiger partial charge < -0.3 is 5.32 Å². The van der Waals surface area contributed by atoms with E-state index in [1.165, 1.54) is 19.1 Å². The first-order chi connectivity index (χ1) is 6.65. The molecule has 0 aliphatic carbocycles. The molecule has 0 atom stereocenters. The zero-order chi connectivity index (χ0) is 10.6. The molecule has 1 amide bonds. The van der Waals surface area contributed by atoms with Crippen molar-refractivity contribution >= 4 is 11.6 Å². The van der Waals surface area contributed by atoms with Gasteiger partial charge in [0.1, 0.15) is 11.6 Å². The highest BCUT2D eigenvalue weighted by molar-refractivity contribution is 5.88. The van der Waals surface area contributed by atoms with E-state index in [0.29, 0.717) is 0 Å². The largest absolute Gasteiger partial charge is 0.323 e. The zero-order valence-electron chi connectivity index (χ0n) is 7.57. The molecular formula is C10H8N2O2. The van der Waals surface area contributed by atoms with Crippen molar-refractivity contribution in [2.45, 2.75) is 6.92 Å². The minimum Gasteiger partial charge on any atom is -0.323 e. The van der Waals surface area contributed by atoms with Gasteiger partial charge in [-0.25, -0.2) is 0 Å². The molecule has 70 valence electrons. The summed E-state index contributed by atoms with van der Waals surface area (Å²) in [7, 11) is 0. The van der Waals surface area contributed by atoms with Crippen molar-refractivity contribution in [2.24, 2.45) is 0 Å². The molecule has 1 aromatic carbocycles. The fraction of sp³-hybridized carbons (Fsp3) is 0.100. The number of hydrogen-bond acceptors (Lipinski definition) is 3. The van der Waals surface area contributed by atoms with Crippen LogP contribution in [0.4, 0.5) is 5.69 Å². The van der Waals surface area contributed by atoms with Crippen LogP contribution < -0.4 is 10.7 Å². The summed E-state index contributed by atoms with van der Waals surface area (Å²) in [5.74, 6) is -0.336. The molecule has 4 nitrogen and oxygen atoms in total. The minimum atomic E-state index is -0.465. The molecule has 1 aromatic rings. The van der Waals surface area contributed by atoms with E-state index in [1.807, 2.05) is 0 Å². The number of rotatable bonds is 1. The summed E-state index contributed by atoms with van der Waals surface area (Å²) in [5, 5.41) is 11.0. The molecule has 0 radical (unpaired) electrons. The highest BCUT2D eigenvalue weighted by Crippen LogP contribution is 1.99. The summed E-state index contributed by atoms with van der Waals surface area (Å²) in [5.41, 5.74) is -0.328. The molecule has 0 aliphatic heterocycles. The van der Waals surface area contributed by atoms with Gasteiger partial charge in [-0.1, -0.05) is 12.1 Å². The lowest BCUT2D eigenvalue weighted by Gasteiger charge is -1.95. The predicted molar refractivity (Wildman–Crippen MR) is 51.7 cm³/mol. The first kappa shape index (κ1) is 9.93. The second kappa shape index (κ2) is 4.19. The van der Waals surface area contributed by atoms with Crippen molar-refractivity contribution in [1.29, 1.82) is 5.26 Å². The highest BCUT2D eigenvalue weighted by Gasteiger charge is 2.03. The van der Waals surface area contributed by atoms with E-state index in [4.69, 9.17) is 5.26 Å². The van der Waals surface area contributed by atoms with Gasteiger partial charge >= 0.3 is 0 Å². The molecule has 0 saturated heterocycles. The van der Waals surface area contributed by atoms with E-state index in [9.17, 15) is 9.59 Å². The Hall–Kier alpha value is -2.15. The second-order valence-corrected chi connectivity index (χ2v) is 2.67. The molecule has 0 aliphatic rings. The Bertz CT molecular complexity index is 460. The number of nitrogens with one attached hydrogen (secondary N) is 1. The maximum absolute atomic E-state index is 11.5. The molecular weight excluding hydrogens is 180 g/mol. The topological polar surface area (TPSA) is 70.0 Å². The molecule has 0 fully saturated rings. The van der Waals surface area contributed by atoms with E-state index in [-0.39, 0.29) is 17.2 Å². The molecule has 1 N–H and O–H groups in total. The summed E-state index contributed by atoms with van der Waals surface area (Å²) in [6.45, 7) is 1.30. The number of amides is 1. The number of anilines is 1. The molecule has 0 aromatic heterocycles. The standard InChI is InChI=1S/C10H8N2O2/c1-7(13)12-9-5-3-2-4-8(6-11)10(9)14/h2-5H,1H3,(H,12,13,14). The highest BCUT2D eigenvalue weighted by atomic mass is 16.2. The molecule has 0 saturated carbocycles. The third-order valence-corrected chi connectivity index (χ3v) is 1.56. The number of carbonyl (C=O) groups excluding carboxylic acids is 1. The number of nitrogens with zero attached hydrogens (tertiary/aromatic N) is 1. The molecule has 14 heavy (non-hydrogen) atoms. The Morgan fingerprint density at radius 1 is 1.43 bits per heavy atom. The van der Waals surface area contributed by atoms with Crippen LogP contribution in [-0.2, 0) is 4.79 Å². The van der Waals surface area contributed by atoms with Crippen molar-refractivity contribution < 1.29 is 4.79 Å². The van der Waals surface area contributed by atoms with E-state index < -0.39 is 5.43 Å². The van der Waals surface area contributed by atoms with Gasteiger partial charge in [-0.05, 0) is 12.1 Å². The normalized spacial score (nSPS) is 8.86. The SMILES string of the molecule is CC(=O)Nc1ccccc(C#N)c1=O. The molecule has 1 rings (SSSR count). The van der Waals surface area contributed by atoms with Crippen LogP contribution in [0, 0.1) is 11.3 Å². The van der Waals surface area contributed by atoms with E-state index in [1.54, 1.807) is 18.2 Å². The lowest BCUT2D eigenvalue weighted by atomic mass is 10.3. The molecule has 4 heteroatoms. The predicted octanol–water partition coefficient (Wildman–Crippen LogP) is 0.877. The zero-order valence-corrected chi connectivity index (χ0v) is 7.57. The number of nitriles is 1. The number of hydrogen-bond donors (Lipinski definition) is 1. The quantitative estimate of drug-likeness (QED) is 0.711. The van der Waals surface area contributed by atoms with Crippen molar-refractivity contribution in [3.05, 3.63) is 40.1 Å². The molecule has 0 unspecified atom stereocenters. The van der Waals surface area contributed by atoms with E-state index in [0.717, 1.165) is 0 Å². The second-order valence-electron chi connectivity index (χ2n) is 2.67. The Morgan fingerprint density at radius 3 is 2.64 bits per heavy atom. The summed E-state index contributed by atoms with van der Waals surface area (Å²) < 4.78 is 0. The third kappa shape index (κ3) is 2.17. The molecule has 0 bridgehead atoms. The fourth-order valence-corrected chi connectivity index (χ4v) is 0.976. The van der Waals surface area contributed by atoms with Crippen molar-refractivity contribution in [2.75, 3.05) is 5.32 Å². The Balaban J connectivity index is 3.34. The Morgan fingerprint density at radius 2 is 2.07 bits per heavy atom. The summed E-state index contributed by atoms with van der Waals surface area (Å²) >= 11 is 0. The van der Waals surface area contributed by atoms with Gasteiger partial charge in [-0.15, -0.1) is 0 Å². The minimum absolute atomic E-state index is 0.0127. The maximum atomic E-state index is 11.5. The van der Waals surface area contributed by atoms with Gasteiger partial charge in [0.2, 0.25) is 11.3 Å². The van der Waals surface area contributed by atoms with Crippen molar-refractivity contribution in [3.8, 4) is 6.07 Å². The molecule has 0 spiro atoms. The van der Waals surface area contributed by atoms with Crippen LogP contribution in [-0.4, -0.2) is 5.91 Å². The first-order valence-electron chi connectivity index (χ1n) is 3.96. The van der Waals surface area contributed by atoms with Gasteiger partial charge in [0.05, 0.1) is 5.69 Å². The first-order valence-corrected chi connectivity index (χ1v) is 3.96. The van der Waals surface area contributed by atoms with Gasteiger partial charge in [0.15, 0.2) is 0 Å². The fourth-order valence-electron chi connectivity index (χ4n) is 0.976. The van der Waals surface area contributed by atoms with Crippen molar-refractivity contribution in [1.82, 2.24) is 0 Å². The maximum Gasteiger partial charge on any atom is 0.221 e. The number of carbonyl (C=O) groups is 1. The molecule has 0 heterocycles. The Labute approximate surface area is 80.8 Å². The average Bonchev–Trinajstić information content (AvgIpc) is 2.29. The van der Waals surface area contributed by atoms with Crippen LogP contribution in [0.25, 0.3) is 0 Å². The van der Waals surface area contributed by atoms with Crippen LogP contribution >= 0.6 is 0 Å². The lowest BCUT2D eigenvalue weighted by molar-refractivity contribution is -0.114. The Kier molecular flexibility index (Phi) is 2.97.